The van der Waals surface area contributed by atoms with E-state index >= 15 is 0 Å². The first-order chi connectivity index (χ1) is 10.8. The Labute approximate surface area is 128 Å². The van der Waals surface area contributed by atoms with Crippen LogP contribution in [0.15, 0.2) is 24.3 Å². The lowest BCUT2D eigenvalue weighted by Gasteiger charge is -2.12. The van der Waals surface area contributed by atoms with Crippen LogP contribution in [-0.4, -0.2) is 29.8 Å². The maximum absolute atomic E-state index is 12.2. The van der Waals surface area contributed by atoms with Gasteiger partial charge in [0.25, 0.3) is 0 Å². The second kappa shape index (κ2) is 6.72. The van der Waals surface area contributed by atoms with Crippen molar-refractivity contribution >= 4 is 11.7 Å². The standard InChI is InChI=1S/C16H19N3O3/c1-21-9-12-4-2-3-11(7-12)8-15(20)17-16-13-10-22-6-5-14(13)18-19-16/h2-4,7H,5-6,8-10H2,1H3,(H2,17,18,19,20). The Kier molecular flexibility index (Phi) is 4.50. The zero-order chi connectivity index (χ0) is 15.4. The van der Waals surface area contributed by atoms with E-state index in [4.69, 9.17) is 9.47 Å². The SMILES string of the molecule is COCc1cccc(CC(=O)Nc2n[nH]c3c2COCC3)c1. The predicted molar refractivity (Wildman–Crippen MR) is 81.4 cm³/mol. The predicted octanol–water partition coefficient (Wildman–Crippen LogP) is 1.81. The van der Waals surface area contributed by atoms with Crippen molar-refractivity contribution in [2.75, 3.05) is 19.0 Å². The van der Waals surface area contributed by atoms with Crippen molar-refractivity contribution in [1.82, 2.24) is 10.2 Å². The molecule has 116 valence electrons. The van der Waals surface area contributed by atoms with Gasteiger partial charge in [0.15, 0.2) is 5.82 Å². The van der Waals surface area contributed by atoms with Gasteiger partial charge in [0, 0.05) is 24.8 Å². The van der Waals surface area contributed by atoms with Gasteiger partial charge in [-0.25, -0.2) is 0 Å². The molecule has 6 nitrogen and oxygen atoms in total. The van der Waals surface area contributed by atoms with Crippen LogP contribution >= 0.6 is 0 Å². The Balaban J connectivity index is 1.65. The molecule has 0 saturated heterocycles. The van der Waals surface area contributed by atoms with Crippen LogP contribution in [-0.2, 0) is 40.3 Å². The smallest absolute Gasteiger partial charge is 0.230 e. The monoisotopic (exact) mass is 301 g/mol. The highest BCUT2D eigenvalue weighted by Crippen LogP contribution is 2.22. The normalized spacial score (nSPS) is 13.7. The van der Waals surface area contributed by atoms with Crippen molar-refractivity contribution in [2.24, 2.45) is 0 Å². The zero-order valence-electron chi connectivity index (χ0n) is 12.5. The third-order valence-electron chi connectivity index (χ3n) is 3.62. The van der Waals surface area contributed by atoms with Crippen LogP contribution in [0, 0.1) is 0 Å². The molecule has 0 unspecified atom stereocenters. The minimum Gasteiger partial charge on any atom is -0.380 e. The molecule has 0 radical (unpaired) electrons. The van der Waals surface area contributed by atoms with Crippen LogP contribution in [0.3, 0.4) is 0 Å². The fraction of sp³-hybridized carbons (Fsp3) is 0.375. The van der Waals surface area contributed by atoms with E-state index in [9.17, 15) is 4.79 Å². The van der Waals surface area contributed by atoms with Gasteiger partial charge < -0.3 is 14.8 Å². The Morgan fingerprint density at radius 3 is 3.18 bits per heavy atom. The van der Waals surface area contributed by atoms with E-state index in [1.807, 2.05) is 24.3 Å². The third kappa shape index (κ3) is 3.35. The Morgan fingerprint density at radius 1 is 1.45 bits per heavy atom. The van der Waals surface area contributed by atoms with Crippen LogP contribution in [0.4, 0.5) is 5.82 Å². The first-order valence-electron chi connectivity index (χ1n) is 7.26. The van der Waals surface area contributed by atoms with Crippen molar-refractivity contribution in [3.8, 4) is 0 Å². The molecule has 6 heteroatoms. The highest BCUT2D eigenvalue weighted by molar-refractivity contribution is 5.92. The van der Waals surface area contributed by atoms with Gasteiger partial charge in [0.1, 0.15) is 0 Å². The van der Waals surface area contributed by atoms with Crippen molar-refractivity contribution in [3.05, 3.63) is 46.6 Å². The van der Waals surface area contributed by atoms with Crippen LogP contribution in [0.25, 0.3) is 0 Å². The van der Waals surface area contributed by atoms with Gasteiger partial charge >= 0.3 is 0 Å². The lowest BCUT2D eigenvalue weighted by molar-refractivity contribution is -0.115. The number of H-pyrrole nitrogens is 1. The van der Waals surface area contributed by atoms with Gasteiger partial charge in [-0.15, -0.1) is 0 Å². The van der Waals surface area contributed by atoms with Gasteiger partial charge in [0.05, 0.1) is 26.2 Å². The first kappa shape index (κ1) is 14.7. The van der Waals surface area contributed by atoms with Crippen LogP contribution < -0.4 is 5.32 Å². The minimum atomic E-state index is -0.0885. The molecule has 1 amide bonds. The Hall–Kier alpha value is -2.18. The number of methoxy groups -OCH3 is 1. The molecule has 1 aromatic carbocycles. The lowest BCUT2D eigenvalue weighted by atomic mass is 10.1. The number of amides is 1. The second-order valence-corrected chi connectivity index (χ2v) is 5.31. The summed E-state index contributed by atoms with van der Waals surface area (Å²) in [5, 5.41) is 9.99. The molecule has 3 rings (SSSR count). The number of hydrogen-bond donors (Lipinski definition) is 2. The molecule has 1 aliphatic rings. The topological polar surface area (TPSA) is 76.2 Å². The molecule has 2 heterocycles. The van der Waals surface area contributed by atoms with Crippen LogP contribution in [0.1, 0.15) is 22.4 Å². The highest BCUT2D eigenvalue weighted by atomic mass is 16.5. The number of aromatic amines is 1. The van der Waals surface area contributed by atoms with Gasteiger partial charge in [0.2, 0.25) is 5.91 Å². The Morgan fingerprint density at radius 2 is 2.32 bits per heavy atom. The summed E-state index contributed by atoms with van der Waals surface area (Å²) < 4.78 is 10.5. The second-order valence-electron chi connectivity index (χ2n) is 5.31. The molecule has 0 fully saturated rings. The van der Waals surface area contributed by atoms with Gasteiger partial charge in [-0.3, -0.25) is 9.89 Å². The lowest BCUT2D eigenvalue weighted by Crippen LogP contribution is -2.17. The van der Waals surface area contributed by atoms with Crippen LogP contribution in [0.2, 0.25) is 0 Å². The fourth-order valence-corrected chi connectivity index (χ4v) is 2.57. The number of nitrogens with zero attached hydrogens (tertiary/aromatic N) is 1. The van der Waals surface area contributed by atoms with E-state index in [-0.39, 0.29) is 5.91 Å². The van der Waals surface area contributed by atoms with E-state index < -0.39 is 0 Å². The summed E-state index contributed by atoms with van der Waals surface area (Å²) >= 11 is 0. The molecular weight excluding hydrogens is 282 g/mol. The average molecular weight is 301 g/mol. The summed E-state index contributed by atoms with van der Waals surface area (Å²) in [5.41, 5.74) is 4.00. The molecule has 0 atom stereocenters. The number of carbonyl (C=O) groups excluding carboxylic acids is 1. The molecule has 0 bridgehead atoms. The number of nitrogens with one attached hydrogen (secondary N) is 2. The van der Waals surface area contributed by atoms with Crippen molar-refractivity contribution in [3.63, 3.8) is 0 Å². The third-order valence-corrected chi connectivity index (χ3v) is 3.62. The number of carbonyl (C=O) groups is 1. The summed E-state index contributed by atoms with van der Waals surface area (Å²) in [6.07, 6.45) is 1.11. The molecule has 0 aliphatic carbocycles. The zero-order valence-corrected chi connectivity index (χ0v) is 12.5. The van der Waals surface area contributed by atoms with E-state index in [1.165, 1.54) is 0 Å². The molecule has 0 spiro atoms. The number of anilines is 1. The number of ether oxygens (including phenoxy) is 2. The molecule has 2 N–H and O–H groups in total. The highest BCUT2D eigenvalue weighted by Gasteiger charge is 2.18. The maximum atomic E-state index is 12.2. The Bertz CT molecular complexity index is 666. The number of benzene rings is 1. The molecule has 0 saturated carbocycles. The largest absolute Gasteiger partial charge is 0.380 e. The van der Waals surface area contributed by atoms with E-state index in [2.05, 4.69) is 15.5 Å². The summed E-state index contributed by atoms with van der Waals surface area (Å²) in [7, 11) is 1.65. The summed E-state index contributed by atoms with van der Waals surface area (Å²) in [5.74, 6) is 0.488. The molecule has 22 heavy (non-hydrogen) atoms. The van der Waals surface area contributed by atoms with Crippen molar-refractivity contribution in [2.45, 2.75) is 26.1 Å². The number of fused-ring (bicyclic) bond motifs is 1. The molecular formula is C16H19N3O3. The van der Waals surface area contributed by atoms with Crippen molar-refractivity contribution in [1.29, 1.82) is 0 Å². The molecule has 1 aromatic heterocycles. The molecule has 2 aromatic rings. The number of rotatable bonds is 5. The maximum Gasteiger partial charge on any atom is 0.230 e. The average Bonchev–Trinajstić information content (AvgIpc) is 2.91. The quantitative estimate of drug-likeness (QED) is 0.883. The van der Waals surface area contributed by atoms with E-state index in [0.717, 1.165) is 28.8 Å². The van der Waals surface area contributed by atoms with E-state index in [1.54, 1.807) is 7.11 Å². The van der Waals surface area contributed by atoms with Gasteiger partial charge in [-0.05, 0) is 11.1 Å². The van der Waals surface area contributed by atoms with Crippen molar-refractivity contribution < 1.29 is 14.3 Å². The van der Waals surface area contributed by atoms with Gasteiger partial charge in [-0.1, -0.05) is 24.3 Å². The van der Waals surface area contributed by atoms with Crippen LogP contribution in [0.5, 0.6) is 0 Å². The minimum absolute atomic E-state index is 0.0885. The molecule has 1 aliphatic heterocycles. The first-order valence-corrected chi connectivity index (χ1v) is 7.26. The summed E-state index contributed by atoms with van der Waals surface area (Å²) in [4.78, 5) is 12.2. The number of hydrogen-bond acceptors (Lipinski definition) is 4. The van der Waals surface area contributed by atoms with Gasteiger partial charge in [-0.2, -0.15) is 5.10 Å². The number of aromatic nitrogens is 2. The summed E-state index contributed by atoms with van der Waals surface area (Å²) in [6, 6.07) is 7.82. The van der Waals surface area contributed by atoms with E-state index in [0.29, 0.717) is 32.1 Å². The fourth-order valence-electron chi connectivity index (χ4n) is 2.57. The summed E-state index contributed by atoms with van der Waals surface area (Å²) in [6.45, 7) is 1.72.